The molecule has 2 aromatic rings. The first-order chi connectivity index (χ1) is 14.1. The Morgan fingerprint density at radius 2 is 1.69 bits per heavy atom. The lowest BCUT2D eigenvalue weighted by atomic mass is 10.1. The van der Waals surface area contributed by atoms with Gasteiger partial charge in [0.05, 0.1) is 18.8 Å². The Hall–Kier alpha value is -2.93. The molecule has 0 unspecified atom stereocenters. The third-order valence-corrected chi connectivity index (χ3v) is 5.38. The van der Waals surface area contributed by atoms with E-state index < -0.39 is 0 Å². The molecule has 2 fully saturated rings. The van der Waals surface area contributed by atoms with E-state index in [1.54, 1.807) is 21.9 Å². The molecule has 0 saturated carbocycles. The fraction of sp³-hybridized carbons (Fsp3) is 0.364. The van der Waals surface area contributed by atoms with E-state index in [0.29, 0.717) is 38.4 Å². The minimum Gasteiger partial charge on any atom is -0.378 e. The van der Waals surface area contributed by atoms with Crippen LogP contribution in [0.3, 0.4) is 0 Å². The van der Waals surface area contributed by atoms with Crippen molar-refractivity contribution in [2.45, 2.75) is 6.54 Å². The second-order valence-corrected chi connectivity index (χ2v) is 7.29. The maximum Gasteiger partial charge on any atom is 0.256 e. The Morgan fingerprint density at radius 1 is 0.966 bits per heavy atom. The molecule has 0 bridgehead atoms. The van der Waals surface area contributed by atoms with E-state index in [1.807, 2.05) is 24.3 Å². The van der Waals surface area contributed by atoms with Crippen molar-refractivity contribution in [3.05, 3.63) is 65.5 Å². The van der Waals surface area contributed by atoms with Crippen molar-refractivity contribution in [2.24, 2.45) is 0 Å². The Labute approximate surface area is 169 Å². The maximum atomic E-state index is 13.2. The number of rotatable bonds is 4. The molecule has 0 N–H and O–H groups in total. The number of para-hydroxylation sites is 1. The van der Waals surface area contributed by atoms with Crippen LogP contribution in [0.2, 0.25) is 0 Å². The smallest absolute Gasteiger partial charge is 0.256 e. The Bertz CT molecular complexity index is 881. The van der Waals surface area contributed by atoms with E-state index in [-0.39, 0.29) is 24.2 Å². The topological polar surface area (TPSA) is 53.1 Å². The third kappa shape index (κ3) is 4.40. The molecule has 152 valence electrons. The summed E-state index contributed by atoms with van der Waals surface area (Å²) in [6.07, 6.45) is 0. The predicted molar refractivity (Wildman–Crippen MR) is 107 cm³/mol. The summed E-state index contributed by atoms with van der Waals surface area (Å²) in [6, 6.07) is 13.7. The average molecular weight is 397 g/mol. The van der Waals surface area contributed by atoms with Crippen LogP contribution < -0.4 is 4.90 Å². The number of benzene rings is 2. The summed E-state index contributed by atoms with van der Waals surface area (Å²) in [5.41, 5.74) is 2.38. The lowest BCUT2D eigenvalue weighted by molar-refractivity contribution is -0.135. The van der Waals surface area contributed by atoms with Crippen LogP contribution in [-0.2, 0) is 16.1 Å². The summed E-state index contributed by atoms with van der Waals surface area (Å²) in [4.78, 5) is 31.3. The lowest BCUT2D eigenvalue weighted by Gasteiger charge is -2.36. The molecule has 0 aliphatic carbocycles. The van der Waals surface area contributed by atoms with Crippen LogP contribution in [0.15, 0.2) is 48.5 Å². The summed E-state index contributed by atoms with van der Waals surface area (Å²) in [6.45, 7) is 4.18. The molecule has 2 heterocycles. The first-order valence-corrected chi connectivity index (χ1v) is 9.85. The molecule has 29 heavy (non-hydrogen) atoms. The molecule has 2 saturated heterocycles. The van der Waals surface area contributed by atoms with Crippen molar-refractivity contribution in [1.29, 1.82) is 0 Å². The van der Waals surface area contributed by atoms with Gasteiger partial charge in [0.2, 0.25) is 5.91 Å². The number of nitrogens with zero attached hydrogens (tertiary/aromatic N) is 3. The molecule has 4 rings (SSSR count). The van der Waals surface area contributed by atoms with Crippen LogP contribution in [0.5, 0.6) is 0 Å². The quantitative estimate of drug-likeness (QED) is 0.793. The molecule has 6 nitrogen and oxygen atoms in total. The summed E-state index contributed by atoms with van der Waals surface area (Å²) in [7, 11) is 0. The van der Waals surface area contributed by atoms with E-state index in [4.69, 9.17) is 4.74 Å². The summed E-state index contributed by atoms with van der Waals surface area (Å²) < 4.78 is 18.5. The van der Waals surface area contributed by atoms with Crippen LogP contribution in [-0.4, -0.2) is 67.6 Å². The van der Waals surface area contributed by atoms with E-state index >= 15 is 0 Å². The molecule has 2 aliphatic rings. The zero-order valence-corrected chi connectivity index (χ0v) is 16.2. The number of carbonyl (C=O) groups excluding carboxylic acids is 2. The number of halogens is 1. The highest BCUT2D eigenvalue weighted by molar-refractivity contribution is 6.01. The van der Waals surface area contributed by atoms with Crippen LogP contribution in [0.4, 0.5) is 10.1 Å². The first kappa shape index (κ1) is 19.4. The van der Waals surface area contributed by atoms with E-state index in [2.05, 4.69) is 4.90 Å². The van der Waals surface area contributed by atoms with Gasteiger partial charge in [-0.05, 0) is 29.8 Å². The SMILES string of the molecule is O=C1CN(C(=O)c2ccccc2N2CCOCC2)CCN1Cc1ccc(F)cc1. The lowest BCUT2D eigenvalue weighted by Crippen LogP contribution is -2.52. The number of amides is 2. The molecule has 0 aromatic heterocycles. The van der Waals surface area contributed by atoms with Crippen molar-refractivity contribution in [3.8, 4) is 0 Å². The van der Waals surface area contributed by atoms with Gasteiger partial charge < -0.3 is 19.4 Å². The van der Waals surface area contributed by atoms with E-state index in [1.165, 1.54) is 12.1 Å². The van der Waals surface area contributed by atoms with Gasteiger partial charge in [0.25, 0.3) is 5.91 Å². The average Bonchev–Trinajstić information content (AvgIpc) is 2.77. The molecule has 0 atom stereocenters. The number of anilines is 1. The number of piperazine rings is 1. The fourth-order valence-corrected chi connectivity index (χ4v) is 3.76. The molecule has 2 aliphatic heterocycles. The van der Waals surface area contributed by atoms with Gasteiger partial charge in [-0.3, -0.25) is 9.59 Å². The molecule has 2 amide bonds. The third-order valence-electron chi connectivity index (χ3n) is 5.38. The number of hydrogen-bond acceptors (Lipinski definition) is 4. The highest BCUT2D eigenvalue weighted by atomic mass is 19.1. The first-order valence-electron chi connectivity index (χ1n) is 9.85. The van der Waals surface area contributed by atoms with Gasteiger partial charge in [0.1, 0.15) is 12.4 Å². The van der Waals surface area contributed by atoms with Gasteiger partial charge in [-0.25, -0.2) is 4.39 Å². The minimum absolute atomic E-state index is 0.0530. The zero-order chi connectivity index (χ0) is 20.2. The van der Waals surface area contributed by atoms with Crippen molar-refractivity contribution in [3.63, 3.8) is 0 Å². The largest absolute Gasteiger partial charge is 0.378 e. The van der Waals surface area contributed by atoms with Crippen molar-refractivity contribution < 1.29 is 18.7 Å². The summed E-state index contributed by atoms with van der Waals surface area (Å²) in [5.74, 6) is -0.519. The second kappa shape index (κ2) is 8.61. The number of ether oxygens (including phenoxy) is 1. The molecule has 0 radical (unpaired) electrons. The highest BCUT2D eigenvalue weighted by Crippen LogP contribution is 2.24. The fourth-order valence-electron chi connectivity index (χ4n) is 3.76. The monoisotopic (exact) mass is 397 g/mol. The number of hydrogen-bond donors (Lipinski definition) is 0. The van der Waals surface area contributed by atoms with Crippen LogP contribution in [0.25, 0.3) is 0 Å². The van der Waals surface area contributed by atoms with Gasteiger partial charge in [0, 0.05) is 38.4 Å². The summed E-state index contributed by atoms with van der Waals surface area (Å²) in [5, 5.41) is 0. The minimum atomic E-state index is -0.297. The second-order valence-electron chi connectivity index (χ2n) is 7.29. The van der Waals surface area contributed by atoms with Gasteiger partial charge in [-0.15, -0.1) is 0 Å². The maximum absolute atomic E-state index is 13.2. The molecule has 7 heteroatoms. The van der Waals surface area contributed by atoms with Crippen LogP contribution in [0, 0.1) is 5.82 Å². The molecule has 0 spiro atoms. The van der Waals surface area contributed by atoms with E-state index in [9.17, 15) is 14.0 Å². The van der Waals surface area contributed by atoms with Crippen LogP contribution in [0.1, 0.15) is 15.9 Å². The highest BCUT2D eigenvalue weighted by Gasteiger charge is 2.29. The standard InChI is InChI=1S/C22H24FN3O3/c23-18-7-5-17(6-8-18)15-25-9-10-26(16-21(25)27)22(28)19-3-1-2-4-20(19)24-11-13-29-14-12-24/h1-8H,9-16H2. The van der Waals surface area contributed by atoms with Crippen molar-refractivity contribution >= 4 is 17.5 Å². The Morgan fingerprint density at radius 3 is 2.41 bits per heavy atom. The Balaban J connectivity index is 1.43. The zero-order valence-electron chi connectivity index (χ0n) is 16.2. The van der Waals surface area contributed by atoms with Gasteiger partial charge in [-0.1, -0.05) is 24.3 Å². The summed E-state index contributed by atoms with van der Waals surface area (Å²) >= 11 is 0. The van der Waals surface area contributed by atoms with Crippen LogP contribution >= 0.6 is 0 Å². The molecular weight excluding hydrogens is 373 g/mol. The number of carbonyl (C=O) groups is 2. The van der Waals surface area contributed by atoms with Crippen molar-refractivity contribution in [1.82, 2.24) is 9.80 Å². The molecular formula is C22H24FN3O3. The predicted octanol–water partition coefficient (Wildman–Crippen LogP) is 2.15. The normalized spacial score (nSPS) is 17.6. The molecule has 2 aromatic carbocycles. The van der Waals surface area contributed by atoms with Gasteiger partial charge in [0.15, 0.2) is 0 Å². The number of morpholine rings is 1. The van der Waals surface area contributed by atoms with E-state index in [0.717, 1.165) is 24.3 Å². The Kier molecular flexibility index (Phi) is 5.76. The van der Waals surface area contributed by atoms with Crippen molar-refractivity contribution in [2.75, 3.05) is 50.8 Å². The van der Waals surface area contributed by atoms with Gasteiger partial charge in [-0.2, -0.15) is 0 Å². The van der Waals surface area contributed by atoms with Gasteiger partial charge >= 0.3 is 0 Å².